The van der Waals surface area contributed by atoms with Crippen LogP contribution in [0.1, 0.15) is 42.8 Å². The van der Waals surface area contributed by atoms with Crippen LogP contribution in [-0.2, 0) is 9.59 Å². The number of hydrogen-bond acceptors (Lipinski definition) is 4. The standard InChI is InChI=1S/C20H22N4O2S/c1-14(16-5-7-17(8-6-16)24-10-9-21-13-24)22-20(26)12-18(23-15(2)25)19-4-3-11-27-19/h3-11,13-14,18H,12H2,1-2H3,(H,22,26)(H,23,25). The van der Waals surface area contributed by atoms with Crippen LogP contribution in [0.25, 0.3) is 5.69 Å². The van der Waals surface area contributed by atoms with Gasteiger partial charge in [-0.2, -0.15) is 0 Å². The summed E-state index contributed by atoms with van der Waals surface area (Å²) < 4.78 is 1.92. The molecule has 2 atom stereocenters. The first-order valence-corrected chi connectivity index (χ1v) is 9.59. The van der Waals surface area contributed by atoms with Gasteiger partial charge < -0.3 is 15.2 Å². The Labute approximate surface area is 162 Å². The van der Waals surface area contributed by atoms with Gasteiger partial charge in [-0.05, 0) is 36.1 Å². The molecule has 0 bridgehead atoms. The number of hydrogen-bond donors (Lipinski definition) is 2. The summed E-state index contributed by atoms with van der Waals surface area (Å²) in [6, 6.07) is 11.4. The van der Waals surface area contributed by atoms with Gasteiger partial charge in [0, 0.05) is 29.9 Å². The second-order valence-corrected chi connectivity index (χ2v) is 7.30. The van der Waals surface area contributed by atoms with Crippen molar-refractivity contribution in [1.29, 1.82) is 0 Å². The maximum absolute atomic E-state index is 12.5. The Hall–Kier alpha value is -2.93. The molecule has 2 heterocycles. The quantitative estimate of drug-likeness (QED) is 0.658. The highest BCUT2D eigenvalue weighted by Crippen LogP contribution is 2.23. The van der Waals surface area contributed by atoms with Gasteiger partial charge in [0.25, 0.3) is 0 Å². The number of carbonyl (C=O) groups is 2. The van der Waals surface area contributed by atoms with Crippen molar-refractivity contribution in [2.45, 2.75) is 32.4 Å². The van der Waals surface area contributed by atoms with E-state index in [1.807, 2.05) is 59.5 Å². The number of amides is 2. The minimum Gasteiger partial charge on any atom is -0.350 e. The number of nitrogens with one attached hydrogen (secondary N) is 2. The summed E-state index contributed by atoms with van der Waals surface area (Å²) in [5.41, 5.74) is 2.03. The van der Waals surface area contributed by atoms with Crippen LogP contribution in [0, 0.1) is 0 Å². The van der Waals surface area contributed by atoms with Crippen molar-refractivity contribution in [2.24, 2.45) is 0 Å². The van der Waals surface area contributed by atoms with Crippen LogP contribution < -0.4 is 10.6 Å². The van der Waals surface area contributed by atoms with Crippen LogP contribution in [0.3, 0.4) is 0 Å². The number of nitrogens with zero attached hydrogens (tertiary/aromatic N) is 2. The molecule has 2 unspecified atom stereocenters. The van der Waals surface area contributed by atoms with Crippen LogP contribution in [0.15, 0.2) is 60.5 Å². The number of rotatable bonds is 7. The Morgan fingerprint density at radius 1 is 1.19 bits per heavy atom. The fraction of sp³-hybridized carbons (Fsp3) is 0.250. The first-order valence-electron chi connectivity index (χ1n) is 8.71. The van der Waals surface area contributed by atoms with Crippen molar-refractivity contribution in [1.82, 2.24) is 20.2 Å². The highest BCUT2D eigenvalue weighted by molar-refractivity contribution is 7.10. The third kappa shape index (κ3) is 5.04. The lowest BCUT2D eigenvalue weighted by molar-refractivity contribution is -0.123. The number of thiophene rings is 1. The topological polar surface area (TPSA) is 76.0 Å². The molecule has 2 N–H and O–H groups in total. The molecule has 3 aromatic rings. The Bertz CT molecular complexity index is 873. The molecular weight excluding hydrogens is 360 g/mol. The molecule has 3 rings (SSSR count). The van der Waals surface area contributed by atoms with Crippen LogP contribution in [-0.4, -0.2) is 21.4 Å². The van der Waals surface area contributed by atoms with Crippen LogP contribution in [0.2, 0.25) is 0 Å². The molecule has 27 heavy (non-hydrogen) atoms. The molecule has 0 saturated carbocycles. The first kappa shape index (κ1) is 18.8. The Balaban J connectivity index is 1.61. The zero-order valence-corrected chi connectivity index (χ0v) is 16.1. The summed E-state index contributed by atoms with van der Waals surface area (Å²) in [7, 11) is 0. The maximum atomic E-state index is 12.5. The largest absolute Gasteiger partial charge is 0.350 e. The van der Waals surface area contributed by atoms with E-state index in [0.717, 1.165) is 16.1 Å². The molecule has 7 heteroatoms. The summed E-state index contributed by atoms with van der Waals surface area (Å²) in [5, 5.41) is 7.80. The van der Waals surface area contributed by atoms with Crippen molar-refractivity contribution in [2.75, 3.05) is 0 Å². The number of benzene rings is 1. The van der Waals surface area contributed by atoms with E-state index in [2.05, 4.69) is 15.6 Å². The molecule has 0 spiro atoms. The van der Waals surface area contributed by atoms with Crippen LogP contribution >= 0.6 is 11.3 Å². The molecule has 0 aliphatic carbocycles. The normalized spacial score (nSPS) is 13.0. The van der Waals surface area contributed by atoms with Crippen LogP contribution in [0.5, 0.6) is 0 Å². The zero-order chi connectivity index (χ0) is 19.2. The smallest absolute Gasteiger partial charge is 0.222 e. The molecule has 0 aliphatic heterocycles. The van der Waals surface area contributed by atoms with Gasteiger partial charge in [-0.25, -0.2) is 4.98 Å². The summed E-state index contributed by atoms with van der Waals surface area (Å²) in [6.45, 7) is 3.41. The average molecular weight is 382 g/mol. The van der Waals surface area contributed by atoms with E-state index in [4.69, 9.17) is 0 Å². The molecule has 2 aromatic heterocycles. The molecule has 2 amide bonds. The van der Waals surface area contributed by atoms with E-state index < -0.39 is 0 Å². The molecule has 0 fully saturated rings. The minimum absolute atomic E-state index is 0.103. The lowest BCUT2D eigenvalue weighted by Crippen LogP contribution is -2.33. The molecule has 6 nitrogen and oxygen atoms in total. The first-order chi connectivity index (χ1) is 13.0. The van der Waals surface area contributed by atoms with E-state index in [1.54, 1.807) is 12.5 Å². The van der Waals surface area contributed by atoms with Crippen molar-refractivity contribution in [3.63, 3.8) is 0 Å². The van der Waals surface area contributed by atoms with Gasteiger partial charge >= 0.3 is 0 Å². The summed E-state index contributed by atoms with van der Waals surface area (Å²) >= 11 is 1.53. The number of aromatic nitrogens is 2. The van der Waals surface area contributed by atoms with Gasteiger partial charge in [0.15, 0.2) is 0 Å². The van der Waals surface area contributed by atoms with E-state index in [-0.39, 0.29) is 30.3 Å². The monoisotopic (exact) mass is 382 g/mol. The second-order valence-electron chi connectivity index (χ2n) is 6.32. The molecular formula is C20H22N4O2S. The number of carbonyl (C=O) groups excluding carboxylic acids is 2. The maximum Gasteiger partial charge on any atom is 0.222 e. The lowest BCUT2D eigenvalue weighted by atomic mass is 10.1. The third-order valence-corrected chi connectivity index (χ3v) is 5.21. The van der Waals surface area contributed by atoms with Gasteiger partial charge in [-0.15, -0.1) is 11.3 Å². The molecule has 140 valence electrons. The average Bonchev–Trinajstić information content (AvgIpc) is 3.34. The van der Waals surface area contributed by atoms with E-state index >= 15 is 0 Å². The second kappa shape index (κ2) is 8.64. The van der Waals surface area contributed by atoms with Gasteiger partial charge in [0.2, 0.25) is 11.8 Å². The predicted molar refractivity (Wildman–Crippen MR) is 106 cm³/mol. The fourth-order valence-electron chi connectivity index (χ4n) is 2.87. The van der Waals surface area contributed by atoms with E-state index in [0.29, 0.717) is 0 Å². The Morgan fingerprint density at radius 2 is 1.96 bits per heavy atom. The number of imidazole rings is 1. The highest BCUT2D eigenvalue weighted by atomic mass is 32.1. The van der Waals surface area contributed by atoms with E-state index in [9.17, 15) is 9.59 Å². The molecule has 0 radical (unpaired) electrons. The zero-order valence-electron chi connectivity index (χ0n) is 15.3. The van der Waals surface area contributed by atoms with Gasteiger partial charge in [0.05, 0.1) is 24.8 Å². The van der Waals surface area contributed by atoms with Crippen molar-refractivity contribution >= 4 is 23.2 Å². The summed E-state index contributed by atoms with van der Waals surface area (Å²) in [5.74, 6) is -0.252. The van der Waals surface area contributed by atoms with Gasteiger partial charge in [0.1, 0.15) is 0 Å². The van der Waals surface area contributed by atoms with Crippen LogP contribution in [0.4, 0.5) is 0 Å². The summed E-state index contributed by atoms with van der Waals surface area (Å²) in [6.07, 6.45) is 5.56. The molecule has 1 aromatic carbocycles. The third-order valence-electron chi connectivity index (χ3n) is 4.23. The van der Waals surface area contributed by atoms with Gasteiger partial charge in [-0.1, -0.05) is 18.2 Å². The highest BCUT2D eigenvalue weighted by Gasteiger charge is 2.19. The Morgan fingerprint density at radius 3 is 2.56 bits per heavy atom. The fourth-order valence-corrected chi connectivity index (χ4v) is 3.65. The summed E-state index contributed by atoms with van der Waals surface area (Å²) in [4.78, 5) is 29.0. The lowest BCUT2D eigenvalue weighted by Gasteiger charge is -2.19. The predicted octanol–water partition coefficient (Wildman–Crippen LogP) is 3.38. The van der Waals surface area contributed by atoms with Gasteiger partial charge in [-0.3, -0.25) is 9.59 Å². The van der Waals surface area contributed by atoms with E-state index in [1.165, 1.54) is 18.3 Å². The Kier molecular flexibility index (Phi) is 6.03. The molecule has 0 aliphatic rings. The minimum atomic E-state index is -0.307. The molecule has 0 saturated heterocycles. The van der Waals surface area contributed by atoms with Crippen molar-refractivity contribution < 1.29 is 9.59 Å². The van der Waals surface area contributed by atoms with Crippen molar-refractivity contribution in [3.8, 4) is 5.69 Å². The SMILES string of the molecule is CC(=O)NC(CC(=O)NC(C)c1ccc(-n2ccnc2)cc1)c1cccs1. The van der Waals surface area contributed by atoms with Crippen molar-refractivity contribution in [3.05, 3.63) is 70.9 Å².